The van der Waals surface area contributed by atoms with E-state index in [1.54, 1.807) is 13.8 Å². The van der Waals surface area contributed by atoms with Crippen LogP contribution in [0.2, 0.25) is 0 Å². The highest BCUT2D eigenvalue weighted by Gasteiger charge is 2.22. The topological polar surface area (TPSA) is 66.4 Å². The van der Waals surface area contributed by atoms with Crippen molar-refractivity contribution in [2.45, 2.75) is 24.8 Å². The summed E-state index contributed by atoms with van der Waals surface area (Å²) < 4.78 is 51.8. The quantitative estimate of drug-likeness (QED) is 0.852. The summed E-state index contributed by atoms with van der Waals surface area (Å²) in [6, 6.07) is 1.33. The number of hydrogen-bond donors (Lipinski definition) is 2. The molecule has 7 heteroatoms. The molecule has 0 aliphatic rings. The average Bonchev–Trinajstić information content (AvgIpc) is 2.24. The Kier molecular flexibility index (Phi) is 4.78. The van der Waals surface area contributed by atoms with Gasteiger partial charge in [-0.15, -0.1) is 0 Å². The molecule has 0 amide bonds. The molecule has 1 aromatic rings. The van der Waals surface area contributed by atoms with Gasteiger partial charge in [-0.3, -0.25) is 0 Å². The molecular weight excluding hydrogens is 264 g/mol. The maximum atomic E-state index is 13.0. The Balaban J connectivity index is 3.06. The van der Waals surface area contributed by atoms with Crippen LogP contribution >= 0.6 is 0 Å². The lowest BCUT2D eigenvalue weighted by Gasteiger charge is -2.19. The monoisotopic (exact) mass is 279 g/mol. The lowest BCUT2D eigenvalue weighted by atomic mass is 10.1. The van der Waals surface area contributed by atoms with Gasteiger partial charge in [-0.2, -0.15) is 0 Å². The summed E-state index contributed by atoms with van der Waals surface area (Å²) in [7, 11) is -4.05. The molecule has 1 aromatic carbocycles. The smallest absolute Gasteiger partial charge is 0.241 e. The molecule has 0 aromatic heterocycles. The summed E-state index contributed by atoms with van der Waals surface area (Å²) >= 11 is 0. The van der Waals surface area contributed by atoms with Gasteiger partial charge in [-0.25, -0.2) is 21.9 Å². The molecule has 0 heterocycles. The van der Waals surface area contributed by atoms with E-state index < -0.39 is 39.2 Å². The van der Waals surface area contributed by atoms with E-state index in [1.807, 2.05) is 0 Å². The first-order valence-electron chi connectivity index (χ1n) is 5.35. The van der Waals surface area contributed by atoms with Gasteiger partial charge in [0.1, 0.15) is 11.6 Å². The molecule has 0 fully saturated rings. The van der Waals surface area contributed by atoms with Crippen LogP contribution in [-0.2, 0) is 10.0 Å². The second-order valence-electron chi connectivity index (χ2n) is 4.26. The minimum Gasteiger partial charge on any atom is -0.395 e. The molecule has 102 valence electrons. The lowest BCUT2D eigenvalue weighted by molar-refractivity contribution is 0.227. The number of rotatable bonds is 5. The van der Waals surface area contributed by atoms with Crippen molar-refractivity contribution in [3.63, 3.8) is 0 Å². The molecular formula is C11H15F2NO3S. The van der Waals surface area contributed by atoms with Crippen LogP contribution in [0, 0.1) is 17.6 Å². The second kappa shape index (κ2) is 5.73. The predicted octanol–water partition coefficient (Wildman–Crippen LogP) is 1.26. The highest BCUT2D eigenvalue weighted by atomic mass is 32.2. The van der Waals surface area contributed by atoms with Gasteiger partial charge < -0.3 is 5.11 Å². The van der Waals surface area contributed by atoms with E-state index in [0.29, 0.717) is 6.07 Å². The van der Waals surface area contributed by atoms with E-state index in [0.717, 1.165) is 12.1 Å². The first-order chi connectivity index (χ1) is 8.26. The van der Waals surface area contributed by atoms with Gasteiger partial charge in [0.2, 0.25) is 10.0 Å². The standard InChI is InChI=1S/C11H15F2NO3S/c1-7(2)11(6-15)14-18(16,17)10-4-8(12)3-9(13)5-10/h3-5,7,11,14-15H,6H2,1-2H3/t11-/m1/s1. The number of benzene rings is 1. The third-order valence-corrected chi connectivity index (χ3v) is 3.92. The zero-order chi connectivity index (χ0) is 13.9. The largest absolute Gasteiger partial charge is 0.395 e. The molecule has 0 unspecified atom stereocenters. The summed E-state index contributed by atoms with van der Waals surface area (Å²) in [6.07, 6.45) is 0. The number of sulfonamides is 1. The van der Waals surface area contributed by atoms with Gasteiger partial charge in [0, 0.05) is 12.1 Å². The average molecular weight is 279 g/mol. The predicted molar refractivity (Wildman–Crippen MR) is 62.4 cm³/mol. The van der Waals surface area contributed by atoms with Crippen molar-refractivity contribution in [2.75, 3.05) is 6.61 Å². The fourth-order valence-electron chi connectivity index (χ4n) is 1.34. The Morgan fingerprint density at radius 3 is 2.11 bits per heavy atom. The van der Waals surface area contributed by atoms with E-state index in [-0.39, 0.29) is 5.92 Å². The van der Waals surface area contributed by atoms with Crippen molar-refractivity contribution in [1.29, 1.82) is 0 Å². The third-order valence-electron chi connectivity index (χ3n) is 2.45. The Morgan fingerprint density at radius 2 is 1.72 bits per heavy atom. The molecule has 0 radical (unpaired) electrons. The van der Waals surface area contributed by atoms with Crippen LogP contribution in [0.15, 0.2) is 23.1 Å². The number of hydrogen-bond acceptors (Lipinski definition) is 3. The molecule has 4 nitrogen and oxygen atoms in total. The molecule has 0 saturated heterocycles. The van der Waals surface area contributed by atoms with E-state index in [4.69, 9.17) is 5.11 Å². The maximum absolute atomic E-state index is 13.0. The zero-order valence-electron chi connectivity index (χ0n) is 10.0. The van der Waals surface area contributed by atoms with Gasteiger partial charge in [-0.05, 0) is 18.1 Å². The molecule has 0 aliphatic heterocycles. The summed E-state index contributed by atoms with van der Waals surface area (Å²) in [6.45, 7) is 3.04. The molecule has 1 atom stereocenters. The summed E-state index contributed by atoms with van der Waals surface area (Å²) in [4.78, 5) is -0.501. The van der Waals surface area contributed by atoms with Crippen molar-refractivity contribution < 1.29 is 22.3 Å². The minimum atomic E-state index is -4.05. The Bertz CT molecular complexity index is 497. The summed E-state index contributed by atoms with van der Waals surface area (Å²) in [5.74, 6) is -2.09. The molecule has 0 aliphatic carbocycles. The van der Waals surface area contributed by atoms with E-state index in [2.05, 4.69) is 4.72 Å². The van der Waals surface area contributed by atoms with Crippen LogP contribution in [0.3, 0.4) is 0 Å². The van der Waals surface area contributed by atoms with Crippen LogP contribution in [0.1, 0.15) is 13.8 Å². The lowest BCUT2D eigenvalue weighted by Crippen LogP contribution is -2.41. The van der Waals surface area contributed by atoms with Gasteiger partial charge in [0.25, 0.3) is 0 Å². The summed E-state index contributed by atoms with van der Waals surface area (Å²) in [5.41, 5.74) is 0. The number of aliphatic hydroxyl groups excluding tert-OH is 1. The highest BCUT2D eigenvalue weighted by molar-refractivity contribution is 7.89. The zero-order valence-corrected chi connectivity index (χ0v) is 10.8. The van der Waals surface area contributed by atoms with Crippen molar-refractivity contribution in [3.8, 4) is 0 Å². The number of aliphatic hydroxyl groups is 1. The SMILES string of the molecule is CC(C)[C@@H](CO)NS(=O)(=O)c1cc(F)cc(F)c1. The van der Waals surface area contributed by atoms with Crippen LogP contribution in [0.5, 0.6) is 0 Å². The minimum absolute atomic E-state index is 0.150. The maximum Gasteiger partial charge on any atom is 0.241 e. The number of nitrogens with one attached hydrogen (secondary N) is 1. The second-order valence-corrected chi connectivity index (χ2v) is 5.97. The van der Waals surface area contributed by atoms with Gasteiger partial charge in [-0.1, -0.05) is 13.8 Å². The van der Waals surface area contributed by atoms with E-state index in [9.17, 15) is 17.2 Å². The van der Waals surface area contributed by atoms with Crippen molar-refractivity contribution in [2.24, 2.45) is 5.92 Å². The normalized spacial score (nSPS) is 13.9. The van der Waals surface area contributed by atoms with Crippen molar-refractivity contribution in [3.05, 3.63) is 29.8 Å². The van der Waals surface area contributed by atoms with Crippen LogP contribution in [0.4, 0.5) is 8.78 Å². The Morgan fingerprint density at radius 1 is 1.22 bits per heavy atom. The Labute approximate surface area is 105 Å². The molecule has 18 heavy (non-hydrogen) atoms. The van der Waals surface area contributed by atoms with Gasteiger partial charge in [0.05, 0.1) is 11.5 Å². The van der Waals surface area contributed by atoms with Crippen molar-refractivity contribution in [1.82, 2.24) is 4.72 Å². The van der Waals surface area contributed by atoms with Crippen LogP contribution in [0.25, 0.3) is 0 Å². The molecule has 0 saturated carbocycles. The Hall–Kier alpha value is -1.05. The first kappa shape index (κ1) is 15.0. The van der Waals surface area contributed by atoms with Crippen molar-refractivity contribution >= 4 is 10.0 Å². The summed E-state index contributed by atoms with van der Waals surface area (Å²) in [5, 5.41) is 9.04. The molecule has 0 bridgehead atoms. The van der Waals surface area contributed by atoms with Crippen LogP contribution in [-0.4, -0.2) is 26.2 Å². The fraction of sp³-hybridized carbons (Fsp3) is 0.455. The van der Waals surface area contributed by atoms with Crippen LogP contribution < -0.4 is 4.72 Å². The van der Waals surface area contributed by atoms with E-state index in [1.165, 1.54) is 0 Å². The molecule has 0 spiro atoms. The fourth-order valence-corrected chi connectivity index (χ4v) is 2.75. The number of halogens is 2. The highest BCUT2D eigenvalue weighted by Crippen LogP contribution is 2.15. The molecule has 1 rings (SSSR count). The molecule has 2 N–H and O–H groups in total. The van der Waals surface area contributed by atoms with Gasteiger partial charge >= 0.3 is 0 Å². The van der Waals surface area contributed by atoms with Gasteiger partial charge in [0.15, 0.2) is 0 Å². The van der Waals surface area contributed by atoms with E-state index >= 15 is 0 Å². The third kappa shape index (κ3) is 3.72. The first-order valence-corrected chi connectivity index (χ1v) is 6.84.